The van der Waals surface area contributed by atoms with Gasteiger partial charge in [0.25, 0.3) is 10.0 Å². The van der Waals surface area contributed by atoms with Gasteiger partial charge in [0.1, 0.15) is 5.82 Å². The number of benzene rings is 2. The Bertz CT molecular complexity index is 1490. The fourth-order valence-corrected chi connectivity index (χ4v) is 6.85. The van der Waals surface area contributed by atoms with Gasteiger partial charge < -0.3 is 5.32 Å². The van der Waals surface area contributed by atoms with Crippen LogP contribution in [0.5, 0.6) is 0 Å². The number of amides is 1. The van der Waals surface area contributed by atoms with Crippen molar-refractivity contribution in [3.8, 4) is 0 Å². The maximum Gasteiger partial charge on any atom is 0.263 e. The summed E-state index contributed by atoms with van der Waals surface area (Å²) in [6.07, 6.45) is 2.54. The highest BCUT2D eigenvalue weighted by atomic mass is 35.5. The second kappa shape index (κ2) is 11.4. The summed E-state index contributed by atoms with van der Waals surface area (Å²) >= 11 is 11.9. The van der Waals surface area contributed by atoms with Crippen LogP contribution in [0.2, 0.25) is 10.0 Å². The molecule has 2 N–H and O–H groups in total. The lowest BCUT2D eigenvalue weighted by Crippen LogP contribution is -2.44. The number of carbonyl (C=O) groups excluding carboxylic acids is 1. The molecular weight excluding hydrogens is 559 g/mol. The molecule has 13 heteroatoms. The van der Waals surface area contributed by atoms with E-state index >= 15 is 0 Å². The molecule has 1 fully saturated rings. The Morgan fingerprint density at radius 3 is 2.43 bits per heavy atom. The number of hydrogen-bond donors (Lipinski definition) is 2. The Labute approximate surface area is 225 Å². The van der Waals surface area contributed by atoms with Crippen LogP contribution in [0.4, 0.5) is 11.5 Å². The van der Waals surface area contributed by atoms with Crippen LogP contribution >= 0.6 is 23.2 Å². The molecular formula is C24H24Cl2N4O5S2. The fourth-order valence-electron chi connectivity index (χ4n) is 3.92. The smallest absolute Gasteiger partial charge is 0.263 e. The number of sulfonamides is 2. The lowest BCUT2D eigenvalue weighted by molar-refractivity contribution is -0.120. The minimum atomic E-state index is -3.85. The molecule has 0 saturated carbocycles. The third kappa shape index (κ3) is 6.99. The predicted octanol–water partition coefficient (Wildman–Crippen LogP) is 4.37. The van der Waals surface area contributed by atoms with Crippen LogP contribution in [0.1, 0.15) is 18.4 Å². The molecule has 0 spiro atoms. The van der Waals surface area contributed by atoms with Gasteiger partial charge in [0.2, 0.25) is 15.9 Å². The summed E-state index contributed by atoms with van der Waals surface area (Å²) in [5.41, 5.74) is 0.908. The number of anilines is 2. The van der Waals surface area contributed by atoms with Gasteiger partial charge in [0.05, 0.1) is 26.6 Å². The normalized spacial score (nSPS) is 16.8. The number of aromatic nitrogens is 1. The van der Waals surface area contributed by atoms with Gasteiger partial charge in [-0.25, -0.2) is 26.1 Å². The molecule has 0 radical (unpaired) electrons. The van der Waals surface area contributed by atoms with E-state index in [-0.39, 0.29) is 33.9 Å². The van der Waals surface area contributed by atoms with Gasteiger partial charge in [0.15, 0.2) is 0 Å². The van der Waals surface area contributed by atoms with Crippen molar-refractivity contribution in [2.24, 2.45) is 5.92 Å². The molecule has 1 aromatic heterocycles. The molecule has 1 saturated heterocycles. The molecule has 196 valence electrons. The Kier molecular flexibility index (Phi) is 8.39. The Hall–Kier alpha value is -2.70. The van der Waals surface area contributed by atoms with E-state index in [1.807, 2.05) is 0 Å². The molecule has 0 bridgehead atoms. The number of carbonyl (C=O) groups is 1. The van der Waals surface area contributed by atoms with E-state index in [1.54, 1.807) is 24.3 Å². The first kappa shape index (κ1) is 27.3. The summed E-state index contributed by atoms with van der Waals surface area (Å²) in [5.74, 6) is -0.945. The second-order valence-corrected chi connectivity index (χ2v) is 13.0. The first-order chi connectivity index (χ1) is 17.5. The van der Waals surface area contributed by atoms with Gasteiger partial charge in [-0.15, -0.1) is 0 Å². The maximum atomic E-state index is 13.0. The van der Waals surface area contributed by atoms with E-state index in [1.165, 1.54) is 46.9 Å². The molecule has 37 heavy (non-hydrogen) atoms. The molecule has 1 aliphatic rings. The second-order valence-electron chi connectivity index (χ2n) is 8.54. The molecule has 1 aliphatic heterocycles. The topological polar surface area (TPSA) is 126 Å². The maximum absolute atomic E-state index is 13.0. The minimum Gasteiger partial charge on any atom is -0.326 e. The van der Waals surface area contributed by atoms with Crippen LogP contribution in [0.25, 0.3) is 0 Å². The quantitative estimate of drug-likeness (QED) is 0.406. The number of nitrogens with zero attached hydrogens (tertiary/aromatic N) is 2. The molecule has 4 rings (SSSR count). The van der Waals surface area contributed by atoms with E-state index in [2.05, 4.69) is 15.0 Å². The number of halogens is 2. The number of rotatable bonds is 8. The average molecular weight is 584 g/mol. The highest BCUT2D eigenvalue weighted by Crippen LogP contribution is 2.27. The molecule has 1 amide bonds. The van der Waals surface area contributed by atoms with Crippen LogP contribution in [-0.4, -0.2) is 45.1 Å². The van der Waals surface area contributed by atoms with Crippen molar-refractivity contribution in [2.45, 2.75) is 23.5 Å². The number of piperidine rings is 1. The lowest BCUT2D eigenvalue weighted by atomic mass is 9.99. The van der Waals surface area contributed by atoms with Gasteiger partial charge in [-0.1, -0.05) is 35.3 Å². The van der Waals surface area contributed by atoms with Gasteiger partial charge in [0, 0.05) is 25.0 Å². The summed E-state index contributed by atoms with van der Waals surface area (Å²) in [4.78, 5) is 16.9. The van der Waals surface area contributed by atoms with Crippen molar-refractivity contribution in [1.82, 2.24) is 9.29 Å². The number of pyridine rings is 1. The van der Waals surface area contributed by atoms with Crippen molar-refractivity contribution in [2.75, 3.05) is 23.1 Å². The SMILES string of the molecule is O=C(Nc1ccc(S(=O)(=O)Nc2ccccn2)cc1)[C@@H]1CCCN(S(=O)(=O)Cc2ccc(Cl)c(Cl)c2)C1. The van der Waals surface area contributed by atoms with Crippen LogP contribution in [0.3, 0.4) is 0 Å². The standard InChI is InChI=1S/C24H24Cl2N4O5S2/c25-21-11-6-17(14-22(21)26)16-36(32,33)30-13-3-4-18(15-30)24(31)28-19-7-9-20(10-8-19)37(34,35)29-23-5-1-2-12-27-23/h1-2,5-12,14,18H,3-4,13,15-16H2,(H,27,29)(H,28,31)/t18-/m1/s1. The summed E-state index contributed by atoms with van der Waals surface area (Å²) in [6.45, 7) is 0.374. The Balaban J connectivity index is 1.38. The van der Waals surface area contributed by atoms with Crippen molar-refractivity contribution in [1.29, 1.82) is 0 Å². The Morgan fingerprint density at radius 1 is 1.00 bits per heavy atom. The van der Waals surface area contributed by atoms with Crippen LogP contribution in [-0.2, 0) is 30.6 Å². The molecule has 0 aliphatic carbocycles. The van der Waals surface area contributed by atoms with Gasteiger partial charge >= 0.3 is 0 Å². The van der Waals surface area contributed by atoms with E-state index < -0.39 is 26.0 Å². The molecule has 1 atom stereocenters. The number of hydrogen-bond acceptors (Lipinski definition) is 6. The van der Waals surface area contributed by atoms with Gasteiger partial charge in [-0.3, -0.25) is 9.52 Å². The van der Waals surface area contributed by atoms with Crippen LogP contribution in [0.15, 0.2) is 71.8 Å². The number of nitrogens with one attached hydrogen (secondary N) is 2. The van der Waals surface area contributed by atoms with E-state index in [9.17, 15) is 21.6 Å². The zero-order valence-electron chi connectivity index (χ0n) is 19.5. The summed E-state index contributed by atoms with van der Waals surface area (Å²) in [6, 6.07) is 15.2. The molecule has 2 aromatic carbocycles. The first-order valence-corrected chi connectivity index (χ1v) is 15.1. The van der Waals surface area contributed by atoms with E-state index in [0.717, 1.165) is 0 Å². The third-order valence-corrected chi connectivity index (χ3v) is 9.74. The average Bonchev–Trinajstić information content (AvgIpc) is 2.87. The van der Waals surface area contributed by atoms with E-state index in [0.29, 0.717) is 35.7 Å². The molecule has 0 unspecified atom stereocenters. The minimum absolute atomic E-state index is 0.00777. The molecule has 3 aromatic rings. The summed E-state index contributed by atoms with van der Waals surface area (Å²) in [7, 11) is -7.53. The predicted molar refractivity (Wildman–Crippen MR) is 143 cm³/mol. The third-order valence-electron chi connectivity index (χ3n) is 5.82. The van der Waals surface area contributed by atoms with Crippen molar-refractivity contribution < 1.29 is 21.6 Å². The molecule has 9 nitrogen and oxygen atoms in total. The first-order valence-electron chi connectivity index (χ1n) is 11.3. The molecule has 2 heterocycles. The summed E-state index contributed by atoms with van der Waals surface area (Å²) < 4.78 is 54.8. The fraction of sp³-hybridized carbons (Fsp3) is 0.250. The van der Waals surface area contributed by atoms with Crippen LogP contribution in [0, 0.1) is 5.92 Å². The zero-order chi connectivity index (χ0) is 26.6. The van der Waals surface area contributed by atoms with E-state index in [4.69, 9.17) is 23.2 Å². The summed E-state index contributed by atoms with van der Waals surface area (Å²) in [5, 5.41) is 3.37. The van der Waals surface area contributed by atoms with Crippen molar-refractivity contribution in [3.05, 3.63) is 82.5 Å². The Morgan fingerprint density at radius 2 is 1.76 bits per heavy atom. The highest BCUT2D eigenvalue weighted by Gasteiger charge is 2.32. The van der Waals surface area contributed by atoms with Crippen LogP contribution < -0.4 is 10.0 Å². The van der Waals surface area contributed by atoms with Crippen molar-refractivity contribution >= 4 is 60.7 Å². The largest absolute Gasteiger partial charge is 0.326 e. The monoisotopic (exact) mass is 582 g/mol. The lowest BCUT2D eigenvalue weighted by Gasteiger charge is -2.31. The van der Waals surface area contributed by atoms with Gasteiger partial charge in [-0.2, -0.15) is 0 Å². The van der Waals surface area contributed by atoms with Crippen molar-refractivity contribution in [3.63, 3.8) is 0 Å². The van der Waals surface area contributed by atoms with Gasteiger partial charge in [-0.05, 0) is 66.9 Å². The highest BCUT2D eigenvalue weighted by molar-refractivity contribution is 7.92. The zero-order valence-corrected chi connectivity index (χ0v) is 22.6.